The van der Waals surface area contributed by atoms with Crippen molar-refractivity contribution in [2.75, 3.05) is 25.0 Å². The molecule has 0 spiro atoms. The number of carboxylic acids is 1. The molecule has 2 N–H and O–H groups in total. The zero-order valence-electron chi connectivity index (χ0n) is 18.7. The normalized spacial score (nSPS) is 11.9. The molecule has 34 heavy (non-hydrogen) atoms. The minimum Gasteiger partial charge on any atom is -0.480 e. The molecule has 1 aromatic heterocycles. The van der Waals surface area contributed by atoms with Gasteiger partial charge in [0.05, 0.1) is 18.3 Å². The van der Waals surface area contributed by atoms with E-state index in [1.165, 1.54) is 11.1 Å². The lowest BCUT2D eigenvalue weighted by molar-refractivity contribution is -0.144. The number of aliphatic carboxylic acids is 1. The molecule has 1 aliphatic rings. The van der Waals surface area contributed by atoms with Gasteiger partial charge in [-0.1, -0.05) is 48.5 Å². The Balaban J connectivity index is 1.34. The Morgan fingerprint density at radius 1 is 1.00 bits per heavy atom. The summed E-state index contributed by atoms with van der Waals surface area (Å²) in [4.78, 5) is 41.0. The summed E-state index contributed by atoms with van der Waals surface area (Å²) in [6.45, 7) is 1.87. The summed E-state index contributed by atoms with van der Waals surface area (Å²) >= 11 is 0. The van der Waals surface area contributed by atoms with Gasteiger partial charge in [-0.25, -0.2) is 4.79 Å². The molecule has 174 valence electrons. The maximum absolute atomic E-state index is 12.4. The molecule has 2 aromatic carbocycles. The number of amides is 2. The Kier molecular flexibility index (Phi) is 6.87. The predicted octanol–water partition coefficient (Wildman–Crippen LogP) is 3.92. The van der Waals surface area contributed by atoms with Crippen molar-refractivity contribution in [1.82, 2.24) is 9.88 Å². The standard InChI is InChI=1S/C26H25N3O5/c1-2-29(15-25(31)32)24(30)13-17-11-12-18(14-27-17)28-26(33)34-16-23-21-9-5-3-7-19(21)20-8-4-6-10-22(20)23/h3-12,14,23H,2,13,15-16H2,1H3,(H,28,33)(H,31,32). The van der Waals surface area contributed by atoms with Crippen LogP contribution >= 0.6 is 0 Å². The molecule has 0 saturated heterocycles. The lowest BCUT2D eigenvalue weighted by atomic mass is 9.98. The molecule has 4 rings (SSSR count). The SMILES string of the molecule is CCN(CC(=O)O)C(=O)Cc1ccc(NC(=O)OCC2c3ccccc3-c3ccccc32)cn1. The molecule has 0 radical (unpaired) electrons. The fourth-order valence-electron chi connectivity index (χ4n) is 4.16. The van der Waals surface area contributed by atoms with Gasteiger partial charge in [-0.3, -0.25) is 19.9 Å². The van der Waals surface area contributed by atoms with Crippen molar-refractivity contribution in [2.45, 2.75) is 19.3 Å². The van der Waals surface area contributed by atoms with Gasteiger partial charge in [-0.2, -0.15) is 0 Å². The number of hydrogen-bond donors (Lipinski definition) is 2. The average Bonchev–Trinajstić information content (AvgIpc) is 3.16. The fourth-order valence-corrected chi connectivity index (χ4v) is 4.16. The lowest BCUT2D eigenvalue weighted by Crippen LogP contribution is -2.36. The van der Waals surface area contributed by atoms with Crippen LogP contribution in [0.5, 0.6) is 0 Å². The van der Waals surface area contributed by atoms with Crippen molar-refractivity contribution >= 4 is 23.7 Å². The van der Waals surface area contributed by atoms with Crippen LogP contribution in [-0.4, -0.2) is 52.7 Å². The first-order valence-electron chi connectivity index (χ1n) is 11.0. The third-order valence-electron chi connectivity index (χ3n) is 5.81. The van der Waals surface area contributed by atoms with Gasteiger partial charge in [0, 0.05) is 18.2 Å². The zero-order chi connectivity index (χ0) is 24.1. The average molecular weight is 460 g/mol. The maximum atomic E-state index is 12.4. The molecule has 0 atom stereocenters. The number of hydrogen-bond acceptors (Lipinski definition) is 5. The van der Waals surface area contributed by atoms with Crippen LogP contribution in [0, 0.1) is 0 Å². The molecule has 2 amide bonds. The third-order valence-corrected chi connectivity index (χ3v) is 5.81. The number of fused-ring (bicyclic) bond motifs is 3. The van der Waals surface area contributed by atoms with Crippen molar-refractivity contribution in [2.24, 2.45) is 0 Å². The number of carbonyl (C=O) groups excluding carboxylic acids is 2. The van der Waals surface area contributed by atoms with Crippen LogP contribution in [0.2, 0.25) is 0 Å². The van der Waals surface area contributed by atoms with E-state index in [4.69, 9.17) is 9.84 Å². The van der Waals surface area contributed by atoms with E-state index in [2.05, 4.69) is 34.6 Å². The Morgan fingerprint density at radius 2 is 1.65 bits per heavy atom. The summed E-state index contributed by atoms with van der Waals surface area (Å²) in [5.41, 5.74) is 5.50. The van der Waals surface area contributed by atoms with Crippen LogP contribution in [0.1, 0.15) is 29.7 Å². The van der Waals surface area contributed by atoms with Gasteiger partial charge in [-0.05, 0) is 41.3 Å². The first-order chi connectivity index (χ1) is 16.5. The number of rotatable bonds is 8. The smallest absolute Gasteiger partial charge is 0.411 e. The van der Waals surface area contributed by atoms with Gasteiger partial charge in [0.2, 0.25) is 5.91 Å². The molecule has 3 aromatic rings. The number of ether oxygens (including phenoxy) is 1. The topological polar surface area (TPSA) is 109 Å². The van der Waals surface area contributed by atoms with Crippen LogP contribution in [-0.2, 0) is 20.7 Å². The van der Waals surface area contributed by atoms with E-state index >= 15 is 0 Å². The molecule has 0 saturated carbocycles. The summed E-state index contributed by atoms with van der Waals surface area (Å²) in [6, 6.07) is 19.5. The number of carboxylic acid groups (broad SMARTS) is 1. The van der Waals surface area contributed by atoms with E-state index in [0.29, 0.717) is 17.9 Å². The second kappa shape index (κ2) is 10.2. The van der Waals surface area contributed by atoms with Crippen molar-refractivity contribution in [3.05, 3.63) is 83.7 Å². The summed E-state index contributed by atoms with van der Waals surface area (Å²) in [7, 11) is 0. The van der Waals surface area contributed by atoms with Crippen LogP contribution in [0.3, 0.4) is 0 Å². The van der Waals surface area contributed by atoms with Gasteiger partial charge in [0.1, 0.15) is 13.2 Å². The molecule has 0 aliphatic heterocycles. The second-order valence-electron chi connectivity index (χ2n) is 7.97. The summed E-state index contributed by atoms with van der Waals surface area (Å²) in [6.07, 6.45) is 0.829. The molecule has 0 bridgehead atoms. The van der Waals surface area contributed by atoms with E-state index in [9.17, 15) is 14.4 Å². The molecule has 0 unspecified atom stereocenters. The van der Waals surface area contributed by atoms with Gasteiger partial charge < -0.3 is 14.7 Å². The first-order valence-corrected chi connectivity index (χ1v) is 11.0. The highest BCUT2D eigenvalue weighted by Gasteiger charge is 2.29. The number of carbonyl (C=O) groups is 3. The van der Waals surface area contributed by atoms with Crippen molar-refractivity contribution in [1.29, 1.82) is 0 Å². The molecule has 1 aliphatic carbocycles. The number of anilines is 1. The number of benzene rings is 2. The van der Waals surface area contributed by atoms with E-state index in [1.807, 2.05) is 24.3 Å². The van der Waals surface area contributed by atoms with E-state index in [1.54, 1.807) is 19.1 Å². The Bertz CT molecular complexity index is 1160. The van der Waals surface area contributed by atoms with Crippen molar-refractivity contribution in [3.63, 3.8) is 0 Å². The minimum atomic E-state index is -1.06. The molecular weight excluding hydrogens is 434 g/mol. The van der Waals surface area contributed by atoms with Gasteiger partial charge >= 0.3 is 12.1 Å². The third kappa shape index (κ3) is 5.06. The Labute approximate surface area is 197 Å². The first kappa shape index (κ1) is 23.0. The molecular formula is C26H25N3O5. The zero-order valence-corrected chi connectivity index (χ0v) is 18.7. The highest BCUT2D eigenvalue weighted by Crippen LogP contribution is 2.44. The summed E-state index contributed by atoms with van der Waals surface area (Å²) in [5.74, 6) is -1.42. The number of nitrogens with zero attached hydrogens (tertiary/aromatic N) is 2. The molecule has 8 heteroatoms. The van der Waals surface area contributed by atoms with Crippen LogP contribution in [0.15, 0.2) is 66.9 Å². The predicted molar refractivity (Wildman–Crippen MR) is 127 cm³/mol. The van der Waals surface area contributed by atoms with Crippen LogP contribution < -0.4 is 5.32 Å². The number of nitrogens with one attached hydrogen (secondary N) is 1. The lowest BCUT2D eigenvalue weighted by Gasteiger charge is -2.18. The summed E-state index contributed by atoms with van der Waals surface area (Å²) in [5, 5.41) is 11.6. The van der Waals surface area contributed by atoms with E-state index < -0.39 is 12.1 Å². The van der Waals surface area contributed by atoms with Crippen molar-refractivity contribution in [3.8, 4) is 11.1 Å². The van der Waals surface area contributed by atoms with Crippen LogP contribution in [0.25, 0.3) is 11.1 Å². The fraction of sp³-hybridized carbons (Fsp3) is 0.231. The van der Waals surface area contributed by atoms with E-state index in [-0.39, 0.29) is 31.4 Å². The maximum Gasteiger partial charge on any atom is 0.411 e. The Morgan fingerprint density at radius 3 is 2.21 bits per heavy atom. The van der Waals surface area contributed by atoms with Gasteiger partial charge in [0.25, 0.3) is 0 Å². The number of likely N-dealkylation sites (N-methyl/N-ethyl adjacent to an activating group) is 1. The molecule has 8 nitrogen and oxygen atoms in total. The molecule has 0 fully saturated rings. The highest BCUT2D eigenvalue weighted by atomic mass is 16.5. The number of pyridine rings is 1. The van der Waals surface area contributed by atoms with Gasteiger partial charge in [0.15, 0.2) is 0 Å². The van der Waals surface area contributed by atoms with Crippen LogP contribution in [0.4, 0.5) is 10.5 Å². The Hall–Kier alpha value is -4.20. The monoisotopic (exact) mass is 459 g/mol. The quantitative estimate of drug-likeness (QED) is 0.529. The minimum absolute atomic E-state index is 0.0215. The number of aromatic nitrogens is 1. The second-order valence-corrected chi connectivity index (χ2v) is 7.97. The highest BCUT2D eigenvalue weighted by molar-refractivity contribution is 5.85. The largest absolute Gasteiger partial charge is 0.480 e. The van der Waals surface area contributed by atoms with Crippen molar-refractivity contribution < 1.29 is 24.2 Å². The summed E-state index contributed by atoms with van der Waals surface area (Å²) < 4.78 is 5.53. The molecule has 1 heterocycles. The van der Waals surface area contributed by atoms with E-state index in [0.717, 1.165) is 22.3 Å². The van der Waals surface area contributed by atoms with Gasteiger partial charge in [-0.15, -0.1) is 0 Å².